The Bertz CT molecular complexity index is 1260. The van der Waals surface area contributed by atoms with Crippen LogP contribution in [0.5, 0.6) is 5.75 Å². The van der Waals surface area contributed by atoms with Crippen LogP contribution in [0.1, 0.15) is 21.5 Å². The summed E-state index contributed by atoms with van der Waals surface area (Å²) in [5, 5.41) is 2.94. The Labute approximate surface area is 188 Å². The quantitative estimate of drug-likeness (QED) is 0.575. The molecule has 32 heavy (non-hydrogen) atoms. The van der Waals surface area contributed by atoms with Crippen LogP contribution < -0.4 is 19.7 Å². The number of sulfonamides is 1. The number of carbonyl (C=O) groups excluding carboxylic acids is 1. The van der Waals surface area contributed by atoms with Crippen molar-refractivity contribution in [2.24, 2.45) is 0 Å². The number of amides is 1. The van der Waals surface area contributed by atoms with Crippen molar-refractivity contribution in [2.45, 2.75) is 17.9 Å². The van der Waals surface area contributed by atoms with Crippen molar-refractivity contribution < 1.29 is 17.9 Å². The lowest BCUT2D eigenvalue weighted by atomic mass is 10.1. The number of rotatable bonds is 7. The summed E-state index contributed by atoms with van der Waals surface area (Å²) in [4.78, 5) is 15.2. The molecule has 4 rings (SSSR count). The van der Waals surface area contributed by atoms with Gasteiger partial charge in [-0.25, -0.2) is 13.1 Å². The molecule has 1 aliphatic rings. The predicted molar refractivity (Wildman–Crippen MR) is 125 cm³/mol. The Morgan fingerprint density at radius 1 is 1.06 bits per heavy atom. The van der Waals surface area contributed by atoms with E-state index < -0.39 is 15.9 Å². The average Bonchev–Trinajstić information content (AvgIpc) is 3.22. The SMILES string of the molecule is CNS(=O)(=O)c1cc(C(=O)Nc2ccccc2CN2CCc3ccccc32)ccc1OC. The van der Waals surface area contributed by atoms with Crippen molar-refractivity contribution in [1.29, 1.82) is 0 Å². The van der Waals surface area contributed by atoms with Crippen LogP contribution in [0.2, 0.25) is 0 Å². The third-order valence-electron chi connectivity index (χ3n) is 5.59. The lowest BCUT2D eigenvalue weighted by molar-refractivity contribution is 0.102. The molecule has 3 aromatic rings. The first-order chi connectivity index (χ1) is 15.4. The van der Waals surface area contributed by atoms with Crippen LogP contribution in [-0.2, 0) is 23.0 Å². The number of methoxy groups -OCH3 is 1. The van der Waals surface area contributed by atoms with Crippen LogP contribution in [0, 0.1) is 0 Å². The molecule has 0 bridgehead atoms. The highest BCUT2D eigenvalue weighted by atomic mass is 32.2. The van der Waals surface area contributed by atoms with E-state index in [4.69, 9.17) is 4.74 Å². The first kappa shape index (κ1) is 21.9. The lowest BCUT2D eigenvalue weighted by Gasteiger charge is -2.21. The maximum Gasteiger partial charge on any atom is 0.255 e. The van der Waals surface area contributed by atoms with Crippen LogP contribution in [0.4, 0.5) is 11.4 Å². The topological polar surface area (TPSA) is 87.7 Å². The third-order valence-corrected chi connectivity index (χ3v) is 7.03. The Morgan fingerprint density at radius 3 is 2.59 bits per heavy atom. The number of nitrogens with one attached hydrogen (secondary N) is 2. The number of anilines is 2. The molecule has 0 aromatic heterocycles. The molecule has 0 saturated carbocycles. The standard InChI is InChI=1S/C24H25N3O4S/c1-25-32(29,30)23-15-18(11-12-22(23)31-2)24(28)26-20-9-5-3-8-19(20)16-27-14-13-17-7-4-6-10-21(17)27/h3-12,15,25H,13-14,16H2,1-2H3,(H,26,28). The molecule has 0 unspecified atom stereocenters. The maximum atomic E-state index is 13.0. The number of hydrogen-bond donors (Lipinski definition) is 2. The van der Waals surface area contributed by atoms with Gasteiger partial charge in [0.15, 0.2) is 0 Å². The molecule has 0 fully saturated rings. The third kappa shape index (κ3) is 4.32. The van der Waals surface area contributed by atoms with Gasteiger partial charge >= 0.3 is 0 Å². The smallest absolute Gasteiger partial charge is 0.255 e. The van der Waals surface area contributed by atoms with Crippen molar-refractivity contribution in [3.63, 3.8) is 0 Å². The summed E-state index contributed by atoms with van der Waals surface area (Å²) in [5.41, 5.74) is 4.43. The molecule has 1 amide bonds. The summed E-state index contributed by atoms with van der Waals surface area (Å²) in [6.07, 6.45) is 0.999. The first-order valence-electron chi connectivity index (χ1n) is 10.3. The minimum absolute atomic E-state index is 0.0860. The van der Waals surface area contributed by atoms with E-state index in [2.05, 4.69) is 27.1 Å². The lowest BCUT2D eigenvalue weighted by Crippen LogP contribution is -2.22. The Kier molecular flexibility index (Phi) is 6.16. The van der Waals surface area contributed by atoms with E-state index in [9.17, 15) is 13.2 Å². The van der Waals surface area contributed by atoms with Crippen molar-refractivity contribution >= 4 is 27.3 Å². The van der Waals surface area contributed by atoms with Gasteiger partial charge in [0.05, 0.1) is 7.11 Å². The van der Waals surface area contributed by atoms with Crippen molar-refractivity contribution in [3.8, 4) is 5.75 Å². The number of hydrogen-bond acceptors (Lipinski definition) is 5. The minimum atomic E-state index is -3.78. The monoisotopic (exact) mass is 451 g/mol. The van der Waals surface area contributed by atoms with Gasteiger partial charge in [-0.3, -0.25) is 4.79 Å². The zero-order valence-corrected chi connectivity index (χ0v) is 18.8. The molecule has 0 saturated heterocycles. The molecule has 166 valence electrons. The first-order valence-corrected chi connectivity index (χ1v) is 11.7. The Morgan fingerprint density at radius 2 is 1.81 bits per heavy atom. The number of carbonyl (C=O) groups is 1. The van der Waals surface area contributed by atoms with E-state index in [1.807, 2.05) is 36.4 Å². The number of fused-ring (bicyclic) bond motifs is 1. The summed E-state index contributed by atoms with van der Waals surface area (Å²) < 4.78 is 32.1. The molecule has 8 heteroatoms. The largest absolute Gasteiger partial charge is 0.495 e. The fourth-order valence-electron chi connectivity index (χ4n) is 3.89. The molecule has 0 atom stereocenters. The molecule has 0 radical (unpaired) electrons. The van der Waals surface area contributed by atoms with Crippen LogP contribution in [-0.4, -0.2) is 35.0 Å². The fraction of sp³-hybridized carbons (Fsp3) is 0.208. The summed E-state index contributed by atoms with van der Waals surface area (Å²) in [6.45, 7) is 1.58. The van der Waals surface area contributed by atoms with Crippen LogP contribution in [0.25, 0.3) is 0 Å². The van der Waals surface area contributed by atoms with Gasteiger partial charge in [0.2, 0.25) is 10.0 Å². The fourth-order valence-corrected chi connectivity index (χ4v) is 4.81. The summed E-state index contributed by atoms with van der Waals surface area (Å²) >= 11 is 0. The van der Waals surface area contributed by atoms with Crippen LogP contribution in [0.15, 0.2) is 71.6 Å². The minimum Gasteiger partial charge on any atom is -0.495 e. The number of ether oxygens (including phenoxy) is 1. The molecule has 1 aliphatic heterocycles. The zero-order chi connectivity index (χ0) is 22.7. The second-order valence-electron chi connectivity index (χ2n) is 7.48. The van der Waals surface area contributed by atoms with Crippen LogP contribution >= 0.6 is 0 Å². The van der Waals surface area contributed by atoms with Gasteiger partial charge in [-0.2, -0.15) is 0 Å². The van der Waals surface area contributed by atoms with E-state index in [1.165, 1.54) is 37.5 Å². The van der Waals surface area contributed by atoms with Gasteiger partial charge in [0.25, 0.3) is 5.91 Å². The normalized spacial score (nSPS) is 13.0. The highest BCUT2D eigenvalue weighted by Gasteiger charge is 2.22. The number of nitrogens with zero attached hydrogens (tertiary/aromatic N) is 1. The molecule has 7 nitrogen and oxygen atoms in total. The van der Waals surface area contributed by atoms with Gasteiger partial charge in [-0.1, -0.05) is 36.4 Å². The van der Waals surface area contributed by atoms with Gasteiger partial charge in [-0.05, 0) is 54.9 Å². The van der Waals surface area contributed by atoms with Crippen LogP contribution in [0.3, 0.4) is 0 Å². The number of benzene rings is 3. The van der Waals surface area contributed by atoms with E-state index in [1.54, 1.807) is 6.07 Å². The summed E-state index contributed by atoms with van der Waals surface area (Å²) in [7, 11) is -1.08. The molecule has 0 spiro atoms. The van der Waals surface area contributed by atoms with Gasteiger partial charge in [-0.15, -0.1) is 0 Å². The highest BCUT2D eigenvalue weighted by Crippen LogP contribution is 2.31. The molecule has 2 N–H and O–H groups in total. The van der Waals surface area contributed by atoms with Gasteiger partial charge in [0.1, 0.15) is 10.6 Å². The highest BCUT2D eigenvalue weighted by molar-refractivity contribution is 7.89. The van der Waals surface area contributed by atoms with Gasteiger partial charge in [0, 0.05) is 30.0 Å². The Hall–Kier alpha value is -3.36. The second kappa shape index (κ2) is 9.02. The molecule has 1 heterocycles. The van der Waals surface area contributed by atoms with E-state index in [-0.39, 0.29) is 16.2 Å². The van der Waals surface area contributed by atoms with Crippen molar-refractivity contribution in [3.05, 3.63) is 83.4 Å². The summed E-state index contributed by atoms with van der Waals surface area (Å²) in [5.74, 6) is -0.224. The molecular weight excluding hydrogens is 426 g/mol. The van der Waals surface area contributed by atoms with E-state index >= 15 is 0 Å². The Balaban J connectivity index is 1.58. The maximum absolute atomic E-state index is 13.0. The summed E-state index contributed by atoms with van der Waals surface area (Å²) in [6, 6.07) is 20.3. The average molecular weight is 452 g/mol. The predicted octanol–water partition coefficient (Wildman–Crippen LogP) is 3.42. The zero-order valence-electron chi connectivity index (χ0n) is 18.0. The van der Waals surface area contributed by atoms with E-state index in [0.29, 0.717) is 12.2 Å². The van der Waals surface area contributed by atoms with Crippen molar-refractivity contribution in [1.82, 2.24) is 4.72 Å². The number of para-hydroxylation sites is 2. The molecule has 0 aliphatic carbocycles. The second-order valence-corrected chi connectivity index (χ2v) is 9.34. The molecule has 3 aromatic carbocycles. The van der Waals surface area contributed by atoms with Crippen molar-refractivity contribution in [2.75, 3.05) is 30.9 Å². The van der Waals surface area contributed by atoms with E-state index in [0.717, 1.165) is 18.5 Å². The molecular formula is C24H25N3O4S. The van der Waals surface area contributed by atoms with Gasteiger partial charge < -0.3 is 15.0 Å².